The van der Waals surface area contributed by atoms with Crippen LogP contribution in [-0.2, 0) is 6.42 Å². The molecule has 0 aliphatic heterocycles. The predicted octanol–water partition coefficient (Wildman–Crippen LogP) is 1.27. The Hall–Kier alpha value is -2.30. The van der Waals surface area contributed by atoms with Gasteiger partial charge in [0.05, 0.1) is 0 Å². The van der Waals surface area contributed by atoms with Crippen LogP contribution < -0.4 is 11.1 Å². The second-order valence-electron chi connectivity index (χ2n) is 4.06. The molecule has 5 nitrogen and oxygen atoms in total. The monoisotopic (exact) mass is 244 g/mol. The highest BCUT2D eigenvalue weighted by molar-refractivity contribution is 5.96. The quantitative estimate of drug-likeness (QED) is 0.708. The molecule has 4 N–H and O–H groups in total. The maximum Gasteiger partial charge on any atom is 0.251 e. The van der Waals surface area contributed by atoms with Gasteiger partial charge >= 0.3 is 0 Å². The summed E-state index contributed by atoms with van der Waals surface area (Å²) < 4.78 is 0. The van der Waals surface area contributed by atoms with Crippen LogP contribution in [0.1, 0.15) is 21.7 Å². The number of benzene rings is 1. The van der Waals surface area contributed by atoms with Gasteiger partial charge in [-0.2, -0.15) is 0 Å². The van der Waals surface area contributed by atoms with Crippen molar-refractivity contribution in [3.8, 4) is 0 Å². The molecule has 0 unspecified atom stereocenters. The lowest BCUT2D eigenvalue weighted by molar-refractivity contribution is 0.0953. The van der Waals surface area contributed by atoms with Crippen LogP contribution >= 0.6 is 0 Å². The van der Waals surface area contributed by atoms with Crippen molar-refractivity contribution in [2.45, 2.75) is 13.3 Å². The molecule has 0 saturated heterocycles. The molecule has 2 aromatic rings. The minimum atomic E-state index is -0.105. The minimum absolute atomic E-state index is 0.105. The lowest BCUT2D eigenvalue weighted by Crippen LogP contribution is -2.26. The topological polar surface area (TPSA) is 83.8 Å². The summed E-state index contributed by atoms with van der Waals surface area (Å²) in [5.74, 6) is 0.756. The first-order valence-electron chi connectivity index (χ1n) is 5.80. The SMILES string of the molecule is Cc1c(N)cccc1C(=O)NCCc1ncc[nH]1. The van der Waals surface area contributed by atoms with Crippen LogP contribution in [0.4, 0.5) is 5.69 Å². The number of hydrogen-bond donors (Lipinski definition) is 3. The Morgan fingerprint density at radius 3 is 3.06 bits per heavy atom. The van der Waals surface area contributed by atoms with E-state index in [1.165, 1.54) is 0 Å². The highest BCUT2D eigenvalue weighted by Gasteiger charge is 2.09. The van der Waals surface area contributed by atoms with Crippen LogP contribution in [0.25, 0.3) is 0 Å². The van der Waals surface area contributed by atoms with Crippen molar-refractivity contribution in [2.75, 3.05) is 12.3 Å². The fraction of sp³-hybridized carbons (Fsp3) is 0.231. The largest absolute Gasteiger partial charge is 0.398 e. The van der Waals surface area contributed by atoms with E-state index in [0.717, 1.165) is 11.4 Å². The van der Waals surface area contributed by atoms with Crippen LogP contribution in [-0.4, -0.2) is 22.4 Å². The van der Waals surface area contributed by atoms with Gasteiger partial charge in [0.25, 0.3) is 5.91 Å². The molecule has 94 valence electrons. The zero-order valence-electron chi connectivity index (χ0n) is 10.2. The number of anilines is 1. The Labute approximate surface area is 105 Å². The Bertz CT molecular complexity index is 534. The van der Waals surface area contributed by atoms with E-state index in [-0.39, 0.29) is 5.91 Å². The summed E-state index contributed by atoms with van der Waals surface area (Å²) in [5, 5.41) is 2.85. The first-order valence-corrected chi connectivity index (χ1v) is 5.80. The van der Waals surface area contributed by atoms with Crippen molar-refractivity contribution < 1.29 is 4.79 Å². The van der Waals surface area contributed by atoms with Gasteiger partial charge in [-0.1, -0.05) is 6.07 Å². The van der Waals surface area contributed by atoms with Crippen molar-refractivity contribution in [3.63, 3.8) is 0 Å². The molecular formula is C13H16N4O. The average molecular weight is 244 g/mol. The van der Waals surface area contributed by atoms with Crippen LogP contribution in [0.2, 0.25) is 0 Å². The Balaban J connectivity index is 1.93. The maximum absolute atomic E-state index is 11.9. The normalized spacial score (nSPS) is 10.3. The molecule has 1 heterocycles. The molecule has 0 aliphatic rings. The third-order valence-corrected chi connectivity index (χ3v) is 2.82. The van der Waals surface area contributed by atoms with Gasteiger partial charge in [-0.25, -0.2) is 4.98 Å². The first-order chi connectivity index (χ1) is 8.68. The van der Waals surface area contributed by atoms with Gasteiger partial charge in [0, 0.05) is 36.6 Å². The summed E-state index contributed by atoms with van der Waals surface area (Å²) in [6.45, 7) is 2.39. The number of H-pyrrole nitrogens is 1. The molecule has 0 fully saturated rings. The van der Waals surface area contributed by atoms with Gasteiger partial charge < -0.3 is 16.0 Å². The van der Waals surface area contributed by atoms with Crippen molar-refractivity contribution in [2.24, 2.45) is 0 Å². The fourth-order valence-electron chi connectivity index (χ4n) is 1.72. The molecule has 1 aromatic carbocycles. The molecule has 1 amide bonds. The number of aromatic nitrogens is 2. The van der Waals surface area contributed by atoms with Crippen LogP contribution in [0.15, 0.2) is 30.6 Å². The maximum atomic E-state index is 11.9. The lowest BCUT2D eigenvalue weighted by Gasteiger charge is -2.08. The first kappa shape index (κ1) is 12.2. The summed E-state index contributed by atoms with van der Waals surface area (Å²) in [6, 6.07) is 5.34. The lowest BCUT2D eigenvalue weighted by atomic mass is 10.1. The molecular weight excluding hydrogens is 228 g/mol. The Morgan fingerprint density at radius 1 is 1.50 bits per heavy atom. The molecule has 18 heavy (non-hydrogen) atoms. The number of nitrogens with two attached hydrogens (primary N) is 1. The molecule has 0 spiro atoms. The van der Waals surface area contributed by atoms with Gasteiger partial charge in [-0.15, -0.1) is 0 Å². The summed E-state index contributed by atoms with van der Waals surface area (Å²) >= 11 is 0. The molecule has 5 heteroatoms. The third-order valence-electron chi connectivity index (χ3n) is 2.82. The van der Waals surface area contributed by atoms with Gasteiger partial charge in [0.2, 0.25) is 0 Å². The highest BCUT2D eigenvalue weighted by Crippen LogP contribution is 2.15. The van der Waals surface area contributed by atoms with Crippen molar-refractivity contribution in [1.29, 1.82) is 0 Å². The molecule has 2 rings (SSSR count). The Kier molecular flexibility index (Phi) is 3.62. The summed E-state index contributed by atoms with van der Waals surface area (Å²) in [7, 11) is 0. The van der Waals surface area contributed by atoms with Crippen LogP contribution in [0.3, 0.4) is 0 Å². The number of nitrogen functional groups attached to an aromatic ring is 1. The van der Waals surface area contributed by atoms with E-state index in [9.17, 15) is 4.79 Å². The highest BCUT2D eigenvalue weighted by atomic mass is 16.1. The minimum Gasteiger partial charge on any atom is -0.398 e. The van der Waals surface area contributed by atoms with Gasteiger partial charge in [-0.3, -0.25) is 4.79 Å². The van der Waals surface area contributed by atoms with Gasteiger partial charge in [0.15, 0.2) is 0 Å². The number of hydrogen-bond acceptors (Lipinski definition) is 3. The molecule has 0 atom stereocenters. The number of nitrogens with zero attached hydrogens (tertiary/aromatic N) is 1. The third kappa shape index (κ3) is 2.68. The number of aromatic amines is 1. The van der Waals surface area contributed by atoms with E-state index >= 15 is 0 Å². The van der Waals surface area contributed by atoms with Crippen molar-refractivity contribution in [3.05, 3.63) is 47.5 Å². The molecule has 0 aliphatic carbocycles. The van der Waals surface area contributed by atoms with E-state index in [2.05, 4.69) is 15.3 Å². The summed E-state index contributed by atoms with van der Waals surface area (Å²) in [6.07, 6.45) is 4.14. The summed E-state index contributed by atoms with van der Waals surface area (Å²) in [5.41, 5.74) is 7.84. The van der Waals surface area contributed by atoms with E-state index < -0.39 is 0 Å². The molecule has 0 radical (unpaired) electrons. The molecule has 0 saturated carbocycles. The zero-order chi connectivity index (χ0) is 13.0. The fourth-order valence-corrected chi connectivity index (χ4v) is 1.72. The van der Waals surface area contributed by atoms with E-state index in [4.69, 9.17) is 5.73 Å². The van der Waals surface area contributed by atoms with Gasteiger partial charge in [0.1, 0.15) is 5.82 Å². The molecule has 0 bridgehead atoms. The van der Waals surface area contributed by atoms with Crippen LogP contribution in [0.5, 0.6) is 0 Å². The van der Waals surface area contributed by atoms with Crippen LogP contribution in [0, 0.1) is 6.92 Å². The number of carbonyl (C=O) groups is 1. The standard InChI is InChI=1S/C13H16N4O/c1-9-10(3-2-4-11(9)14)13(18)17-6-5-12-15-7-8-16-12/h2-4,7-8H,5-6,14H2,1H3,(H,15,16)(H,17,18). The Morgan fingerprint density at radius 2 is 2.33 bits per heavy atom. The number of nitrogens with one attached hydrogen (secondary N) is 2. The van der Waals surface area contributed by atoms with E-state index in [1.807, 2.05) is 6.92 Å². The van der Waals surface area contributed by atoms with E-state index in [1.54, 1.807) is 30.6 Å². The smallest absolute Gasteiger partial charge is 0.251 e. The number of rotatable bonds is 4. The number of amides is 1. The van der Waals surface area contributed by atoms with E-state index in [0.29, 0.717) is 24.2 Å². The van der Waals surface area contributed by atoms with Crippen molar-refractivity contribution in [1.82, 2.24) is 15.3 Å². The molecule has 1 aromatic heterocycles. The predicted molar refractivity (Wildman–Crippen MR) is 70.2 cm³/mol. The second kappa shape index (κ2) is 5.35. The van der Waals surface area contributed by atoms with Gasteiger partial charge in [-0.05, 0) is 24.6 Å². The van der Waals surface area contributed by atoms with Crippen molar-refractivity contribution >= 4 is 11.6 Å². The summed E-state index contributed by atoms with van der Waals surface area (Å²) in [4.78, 5) is 19.0. The second-order valence-corrected chi connectivity index (χ2v) is 4.06. The number of carbonyl (C=O) groups excluding carboxylic acids is 1. The zero-order valence-corrected chi connectivity index (χ0v) is 10.2. The average Bonchev–Trinajstić information content (AvgIpc) is 2.85. The number of imidazole rings is 1.